The quantitative estimate of drug-likeness (QED) is 0.532. The Morgan fingerprint density at radius 3 is 2.39 bits per heavy atom. The van der Waals surface area contributed by atoms with Gasteiger partial charge in [0.05, 0.1) is 23.2 Å². The first kappa shape index (κ1) is 22.4. The van der Waals surface area contributed by atoms with Gasteiger partial charge in [0, 0.05) is 19.2 Å². The molecule has 1 amide bonds. The van der Waals surface area contributed by atoms with Gasteiger partial charge in [0.1, 0.15) is 11.4 Å². The van der Waals surface area contributed by atoms with Gasteiger partial charge in [0.25, 0.3) is 5.91 Å². The third-order valence-electron chi connectivity index (χ3n) is 4.53. The van der Waals surface area contributed by atoms with Crippen molar-refractivity contribution >= 4 is 27.6 Å². The molecule has 0 fully saturated rings. The van der Waals surface area contributed by atoms with E-state index in [1.807, 2.05) is 5.32 Å². The van der Waals surface area contributed by atoms with E-state index in [0.717, 1.165) is 14.0 Å². The summed E-state index contributed by atoms with van der Waals surface area (Å²) in [5.41, 5.74) is 0.340. The van der Waals surface area contributed by atoms with Crippen molar-refractivity contribution in [3.05, 3.63) is 58.7 Å². The highest BCUT2D eigenvalue weighted by molar-refractivity contribution is 7.89. The number of hydrogen-bond acceptors (Lipinski definition) is 6. The molecule has 0 unspecified atom stereocenters. The van der Waals surface area contributed by atoms with E-state index in [-0.39, 0.29) is 6.07 Å². The Balaban J connectivity index is 2.12. The molecule has 166 valence electrons. The minimum absolute atomic E-state index is 0.271. The lowest BCUT2D eigenvalue weighted by molar-refractivity contribution is 0.101. The van der Waals surface area contributed by atoms with Crippen molar-refractivity contribution in [3.63, 3.8) is 0 Å². The van der Waals surface area contributed by atoms with Crippen LogP contribution in [0.3, 0.4) is 0 Å². The summed E-state index contributed by atoms with van der Waals surface area (Å²) >= 11 is 0. The number of carbonyl (C=O) groups is 1. The van der Waals surface area contributed by atoms with Crippen molar-refractivity contribution in [2.24, 2.45) is 10.7 Å². The second kappa shape index (κ2) is 7.44. The van der Waals surface area contributed by atoms with Gasteiger partial charge in [-0.15, -0.1) is 0 Å². The third-order valence-corrected chi connectivity index (χ3v) is 6.48. The van der Waals surface area contributed by atoms with Crippen molar-refractivity contribution < 1.29 is 35.2 Å². The number of aliphatic imine (C=N–C) groups is 1. The molecule has 31 heavy (non-hydrogen) atoms. The predicted molar refractivity (Wildman–Crippen MR) is 98.9 cm³/mol. The van der Waals surface area contributed by atoms with Gasteiger partial charge in [-0.05, 0) is 6.92 Å². The first-order valence-corrected chi connectivity index (χ1v) is 10.00. The van der Waals surface area contributed by atoms with Gasteiger partial charge >= 0.3 is 0 Å². The van der Waals surface area contributed by atoms with Gasteiger partial charge in [0.2, 0.25) is 16.0 Å². The van der Waals surface area contributed by atoms with Crippen LogP contribution in [0.15, 0.2) is 23.3 Å². The van der Waals surface area contributed by atoms with Crippen LogP contribution in [0.1, 0.15) is 23.0 Å². The third kappa shape index (κ3) is 3.89. The van der Waals surface area contributed by atoms with Crippen LogP contribution < -0.4 is 11.1 Å². The summed E-state index contributed by atoms with van der Waals surface area (Å²) in [5, 5.41) is 1.81. The molecule has 0 saturated heterocycles. The molecule has 1 aromatic carbocycles. The number of nitrogens with one attached hydrogen (secondary N) is 1. The lowest BCUT2D eigenvalue weighted by atomic mass is 9.92. The zero-order valence-corrected chi connectivity index (χ0v) is 16.7. The number of nitrogens with zero attached hydrogens (tertiary/aromatic N) is 3. The lowest BCUT2D eigenvalue weighted by Crippen LogP contribution is -2.50. The minimum Gasteiger partial charge on any atom is -0.369 e. The Bertz CT molecular complexity index is 1240. The molecule has 3 N–H and O–H groups in total. The van der Waals surface area contributed by atoms with Crippen LogP contribution in [0.4, 0.5) is 27.6 Å². The highest BCUT2D eigenvalue weighted by Crippen LogP contribution is 2.38. The van der Waals surface area contributed by atoms with Gasteiger partial charge in [-0.3, -0.25) is 4.79 Å². The number of anilines is 1. The molecule has 1 aromatic heterocycles. The van der Waals surface area contributed by atoms with Crippen molar-refractivity contribution in [2.75, 3.05) is 18.1 Å². The maximum absolute atomic E-state index is 15.1. The number of sulfonamides is 1. The zero-order valence-electron chi connectivity index (χ0n) is 15.9. The van der Waals surface area contributed by atoms with E-state index in [0.29, 0.717) is 16.6 Å². The Hall–Kier alpha value is -3.29. The van der Waals surface area contributed by atoms with Crippen molar-refractivity contribution in [2.45, 2.75) is 12.5 Å². The Morgan fingerprint density at radius 1 is 1.16 bits per heavy atom. The number of nitrogens with two attached hydrogens (primary N) is 1. The molecule has 1 aliphatic heterocycles. The predicted octanol–water partition coefficient (Wildman–Crippen LogP) is 1.83. The molecule has 1 aliphatic rings. The monoisotopic (exact) mass is 463 g/mol. The summed E-state index contributed by atoms with van der Waals surface area (Å²) in [7, 11) is -3.09. The van der Waals surface area contributed by atoms with E-state index >= 15 is 4.39 Å². The second-order valence-corrected chi connectivity index (χ2v) is 8.81. The number of carbonyl (C=O) groups excluding carboxylic acids is 1. The summed E-state index contributed by atoms with van der Waals surface area (Å²) in [6.07, 6.45) is 0.521. The minimum atomic E-state index is -4.16. The van der Waals surface area contributed by atoms with Gasteiger partial charge in [-0.1, -0.05) is 0 Å². The van der Waals surface area contributed by atoms with Crippen LogP contribution in [-0.4, -0.2) is 42.4 Å². The zero-order chi connectivity index (χ0) is 23.3. The van der Waals surface area contributed by atoms with E-state index in [9.17, 15) is 30.8 Å². The number of rotatable bonds is 3. The molecule has 14 heteroatoms. The normalized spacial score (nSPS) is 20.4. The second-order valence-electron chi connectivity index (χ2n) is 6.81. The van der Waals surface area contributed by atoms with Crippen LogP contribution in [0.25, 0.3) is 0 Å². The number of pyridine rings is 1. The molecule has 3 rings (SSSR count). The molecule has 0 aliphatic carbocycles. The molecule has 0 saturated carbocycles. The molecule has 2 heterocycles. The maximum Gasteiger partial charge on any atom is 0.277 e. The SMILES string of the molecule is CN1C(N)=N[C@](C)(c2c(F)c(F)cc(NC(=O)c3ncc(F)cc3F)c2F)CS1(=O)=O. The number of amides is 1. The van der Waals surface area contributed by atoms with Crippen LogP contribution in [-0.2, 0) is 15.6 Å². The number of hydrogen-bond donors (Lipinski definition) is 2. The average Bonchev–Trinajstić information content (AvgIpc) is 2.63. The molecule has 0 radical (unpaired) electrons. The summed E-state index contributed by atoms with van der Waals surface area (Å²) in [6.45, 7) is 1.01. The largest absolute Gasteiger partial charge is 0.369 e. The van der Waals surface area contributed by atoms with Crippen LogP contribution >= 0.6 is 0 Å². The molecule has 0 bridgehead atoms. The molecule has 8 nitrogen and oxygen atoms in total. The Kier molecular flexibility index (Phi) is 5.38. The fourth-order valence-corrected chi connectivity index (χ4v) is 4.45. The average molecular weight is 463 g/mol. The van der Waals surface area contributed by atoms with Crippen LogP contribution in [0.2, 0.25) is 0 Å². The van der Waals surface area contributed by atoms with Crippen molar-refractivity contribution in [1.82, 2.24) is 9.29 Å². The number of halogens is 5. The van der Waals surface area contributed by atoms with Gasteiger partial charge in [-0.2, -0.15) is 0 Å². The van der Waals surface area contributed by atoms with Gasteiger partial charge in [-0.25, -0.2) is 44.7 Å². The summed E-state index contributed by atoms with van der Waals surface area (Å²) in [5.74, 6) is -10.4. The van der Waals surface area contributed by atoms with E-state index < -0.39 is 79.2 Å². The van der Waals surface area contributed by atoms with E-state index in [1.54, 1.807) is 0 Å². The van der Waals surface area contributed by atoms with E-state index in [2.05, 4.69) is 9.98 Å². The summed E-state index contributed by atoms with van der Waals surface area (Å²) < 4.78 is 95.8. The maximum atomic E-state index is 15.1. The first-order valence-electron chi connectivity index (χ1n) is 8.39. The van der Waals surface area contributed by atoms with Crippen LogP contribution in [0, 0.1) is 29.1 Å². The van der Waals surface area contributed by atoms with Crippen LogP contribution in [0.5, 0.6) is 0 Å². The molecular weight excluding hydrogens is 449 g/mol. The molecule has 0 spiro atoms. The van der Waals surface area contributed by atoms with Crippen molar-refractivity contribution in [1.29, 1.82) is 0 Å². The highest BCUT2D eigenvalue weighted by Gasteiger charge is 2.44. The van der Waals surface area contributed by atoms with Gasteiger partial charge in [0.15, 0.2) is 29.0 Å². The smallest absolute Gasteiger partial charge is 0.277 e. The van der Waals surface area contributed by atoms with Gasteiger partial charge < -0.3 is 11.1 Å². The molecule has 1 atom stereocenters. The molecule has 2 aromatic rings. The number of benzene rings is 1. The number of aromatic nitrogens is 1. The topological polar surface area (TPSA) is 118 Å². The summed E-state index contributed by atoms with van der Waals surface area (Å²) in [4.78, 5) is 19.2. The first-order chi connectivity index (χ1) is 14.3. The fraction of sp³-hybridized carbons (Fsp3) is 0.235. The van der Waals surface area contributed by atoms with E-state index in [4.69, 9.17) is 5.73 Å². The fourth-order valence-electron chi connectivity index (χ4n) is 3.01. The number of guanidine groups is 1. The van der Waals surface area contributed by atoms with E-state index in [1.165, 1.54) is 0 Å². The standard InChI is InChI=1S/C17H14F5N5O3S/c1-17(6-31(29,30)27(2)16(23)26-17)11-12(21)8(19)4-10(13(11)22)25-15(28)14-9(20)3-7(18)5-24-14/h3-5H,6H2,1-2H3,(H2,23,26)(H,25,28)/t17-/m0/s1. The Morgan fingerprint density at radius 2 is 1.81 bits per heavy atom. The van der Waals surface area contributed by atoms with Crippen molar-refractivity contribution in [3.8, 4) is 0 Å². The molecular formula is C17H14F5N5O3S. The summed E-state index contributed by atoms with van der Waals surface area (Å²) in [6, 6.07) is 0.615. The lowest BCUT2D eigenvalue weighted by Gasteiger charge is -2.35. The Labute approximate surface area is 172 Å². The highest BCUT2D eigenvalue weighted by atomic mass is 32.2.